The molecule has 2 fully saturated rings. The quantitative estimate of drug-likeness (QED) is 0.153. The van der Waals surface area contributed by atoms with E-state index in [1.54, 1.807) is 29.5 Å². The Morgan fingerprint density at radius 1 is 1.12 bits per heavy atom. The molecule has 1 aliphatic carbocycles. The first-order valence-corrected chi connectivity index (χ1v) is 17.9. The molecule has 2 aromatic heterocycles. The molecule has 2 aromatic carbocycles. The lowest BCUT2D eigenvalue weighted by Crippen LogP contribution is -2.35. The van der Waals surface area contributed by atoms with Gasteiger partial charge in [0, 0.05) is 37.6 Å². The van der Waals surface area contributed by atoms with E-state index in [1.807, 2.05) is 24.3 Å². The number of ether oxygens (including phenoxy) is 2. The Balaban J connectivity index is 0.000000224. The molecule has 256 valence electrons. The van der Waals surface area contributed by atoms with E-state index in [-0.39, 0.29) is 23.0 Å². The number of aryl methyl sites for hydroxylation is 1. The second-order valence-electron chi connectivity index (χ2n) is 12.7. The molecule has 2 aliphatic rings. The number of Topliss-reactive ketones (excluding diaryl/α,β-unsaturated/α-hetero) is 1. The summed E-state index contributed by atoms with van der Waals surface area (Å²) in [5, 5.41) is 17.0. The van der Waals surface area contributed by atoms with Crippen molar-refractivity contribution in [3.63, 3.8) is 0 Å². The van der Waals surface area contributed by atoms with E-state index >= 15 is 0 Å². The molecule has 6 rings (SSSR count). The number of thiazole rings is 1. The van der Waals surface area contributed by atoms with Gasteiger partial charge in [0.05, 0.1) is 35.7 Å². The van der Waals surface area contributed by atoms with E-state index in [1.165, 1.54) is 56.2 Å². The Hall–Kier alpha value is -3.70. The van der Waals surface area contributed by atoms with Gasteiger partial charge in [-0.2, -0.15) is 0 Å². The van der Waals surface area contributed by atoms with Crippen molar-refractivity contribution >= 4 is 17.1 Å². The summed E-state index contributed by atoms with van der Waals surface area (Å²) < 4.78 is 24.7. The van der Waals surface area contributed by atoms with E-state index in [2.05, 4.69) is 39.4 Å². The summed E-state index contributed by atoms with van der Waals surface area (Å²) in [7, 11) is 0. The van der Waals surface area contributed by atoms with Crippen LogP contribution in [-0.2, 0) is 17.8 Å². The molecule has 3 heterocycles. The number of phenolic OH excluding ortho intramolecular Hbond substituents is 1. The fraction of sp³-hybridized carbons (Fsp3) is 0.447. The Bertz CT molecular complexity index is 1630. The predicted molar refractivity (Wildman–Crippen MR) is 188 cm³/mol. The number of nitrogens with one attached hydrogen (secondary N) is 1. The number of ketones is 1. The first-order valence-electron chi connectivity index (χ1n) is 17.0. The van der Waals surface area contributed by atoms with Crippen LogP contribution >= 0.6 is 11.3 Å². The highest BCUT2D eigenvalue weighted by Gasteiger charge is 2.20. The van der Waals surface area contributed by atoms with E-state index in [0.717, 1.165) is 60.5 Å². The predicted octanol–water partition coefficient (Wildman–Crippen LogP) is 8.32. The lowest BCUT2D eigenvalue weighted by atomic mass is 9.83. The third-order valence-electron chi connectivity index (χ3n) is 8.93. The van der Waals surface area contributed by atoms with Gasteiger partial charge in [0.25, 0.3) is 0 Å². The van der Waals surface area contributed by atoms with Crippen LogP contribution < -0.4 is 10.1 Å². The smallest absolute Gasteiger partial charge is 0.230 e. The third-order valence-corrected chi connectivity index (χ3v) is 9.75. The number of aromatic nitrogens is 2. The average molecular weight is 675 g/mol. The fourth-order valence-corrected chi connectivity index (χ4v) is 7.01. The van der Waals surface area contributed by atoms with Crippen LogP contribution in [0.5, 0.6) is 17.4 Å². The van der Waals surface area contributed by atoms with E-state index in [0.29, 0.717) is 25.5 Å². The molecular formula is C38H47FN4O4S. The topological polar surface area (TPSA) is 96.8 Å². The summed E-state index contributed by atoms with van der Waals surface area (Å²) in [6, 6.07) is 14.5. The number of morpholine rings is 1. The van der Waals surface area contributed by atoms with Gasteiger partial charge in [-0.05, 0) is 92.5 Å². The van der Waals surface area contributed by atoms with Gasteiger partial charge in [-0.25, -0.2) is 14.4 Å². The molecule has 0 radical (unpaired) electrons. The van der Waals surface area contributed by atoms with Crippen LogP contribution in [0.25, 0.3) is 11.1 Å². The molecule has 0 atom stereocenters. The van der Waals surface area contributed by atoms with Crippen LogP contribution in [0.4, 0.5) is 4.39 Å². The minimum absolute atomic E-state index is 0.0605. The Morgan fingerprint density at radius 2 is 1.92 bits per heavy atom. The second-order valence-corrected chi connectivity index (χ2v) is 13.7. The maximum Gasteiger partial charge on any atom is 0.230 e. The first-order chi connectivity index (χ1) is 23.3. The third kappa shape index (κ3) is 10.4. The SMILES string of the molecule is CC(=O)c1cc(F)cnc1Oc1cccc(-c2ccc(O)cc2CN2CCOCC2)c1.CCCC1CCC(NCc2csc(C)n2)CC1. The van der Waals surface area contributed by atoms with Crippen molar-refractivity contribution in [3.05, 3.63) is 87.8 Å². The summed E-state index contributed by atoms with van der Waals surface area (Å²) in [5.74, 6) is 0.822. The Morgan fingerprint density at radius 3 is 2.62 bits per heavy atom. The van der Waals surface area contributed by atoms with Crippen molar-refractivity contribution in [3.8, 4) is 28.5 Å². The zero-order chi connectivity index (χ0) is 33.9. The van der Waals surface area contributed by atoms with Crippen LogP contribution in [-0.4, -0.2) is 58.1 Å². The Labute approximate surface area is 287 Å². The number of aromatic hydroxyl groups is 1. The van der Waals surface area contributed by atoms with E-state index in [9.17, 15) is 14.3 Å². The van der Waals surface area contributed by atoms with Crippen molar-refractivity contribution in [1.29, 1.82) is 0 Å². The molecule has 0 spiro atoms. The molecule has 0 amide bonds. The molecule has 1 aliphatic heterocycles. The molecule has 0 unspecified atom stereocenters. The van der Waals surface area contributed by atoms with Gasteiger partial charge >= 0.3 is 0 Å². The molecule has 4 aromatic rings. The average Bonchev–Trinajstić information content (AvgIpc) is 3.51. The van der Waals surface area contributed by atoms with Gasteiger partial charge in [-0.15, -0.1) is 11.3 Å². The molecular weight excluding hydrogens is 628 g/mol. The van der Waals surface area contributed by atoms with E-state index < -0.39 is 5.82 Å². The number of phenols is 1. The molecule has 1 saturated carbocycles. The number of hydrogen-bond donors (Lipinski definition) is 2. The van der Waals surface area contributed by atoms with Crippen molar-refractivity contribution < 1.29 is 23.8 Å². The highest BCUT2D eigenvalue weighted by Crippen LogP contribution is 2.33. The molecule has 10 heteroatoms. The lowest BCUT2D eigenvalue weighted by molar-refractivity contribution is 0.0342. The number of carbonyl (C=O) groups excluding carboxylic acids is 1. The van der Waals surface area contributed by atoms with Crippen LogP contribution in [0.15, 0.2) is 60.1 Å². The zero-order valence-corrected chi connectivity index (χ0v) is 29.0. The molecule has 8 nitrogen and oxygen atoms in total. The first kappa shape index (κ1) is 35.6. The van der Waals surface area contributed by atoms with Gasteiger partial charge in [-0.3, -0.25) is 9.69 Å². The maximum atomic E-state index is 13.5. The van der Waals surface area contributed by atoms with Crippen molar-refractivity contribution in [2.75, 3.05) is 26.3 Å². The second kappa shape index (κ2) is 17.6. The monoisotopic (exact) mass is 674 g/mol. The number of hydrogen-bond acceptors (Lipinski definition) is 9. The maximum absolute atomic E-state index is 13.5. The summed E-state index contributed by atoms with van der Waals surface area (Å²) in [4.78, 5) is 22.5. The van der Waals surface area contributed by atoms with Crippen molar-refractivity contribution in [1.82, 2.24) is 20.2 Å². The number of rotatable bonds is 11. The van der Waals surface area contributed by atoms with Gasteiger partial charge in [-0.1, -0.05) is 38.0 Å². The number of halogens is 1. The molecule has 1 saturated heterocycles. The summed E-state index contributed by atoms with van der Waals surface area (Å²) >= 11 is 1.75. The summed E-state index contributed by atoms with van der Waals surface area (Å²) in [5.41, 5.74) is 4.15. The standard InChI is InChI=1S/C24H23FN2O4.C14H24N2S/c1-16(28)23-13-19(25)14-26-24(23)31-21-4-2-3-17(12-21)22-6-5-20(29)11-18(22)15-27-7-9-30-10-8-27;1-3-4-12-5-7-13(8-6-12)15-9-14-10-17-11(2)16-14/h2-6,11-14,29H,7-10,15H2,1H3;10,12-13,15H,3-9H2,1-2H3. The Kier molecular flexibility index (Phi) is 13.1. The minimum Gasteiger partial charge on any atom is -0.508 e. The van der Waals surface area contributed by atoms with E-state index in [4.69, 9.17) is 9.47 Å². The molecule has 0 bridgehead atoms. The van der Waals surface area contributed by atoms with Crippen LogP contribution in [0.3, 0.4) is 0 Å². The molecule has 2 N–H and O–H groups in total. The van der Waals surface area contributed by atoms with Gasteiger partial charge in [0.15, 0.2) is 5.78 Å². The number of pyridine rings is 1. The van der Waals surface area contributed by atoms with Crippen LogP contribution in [0, 0.1) is 18.7 Å². The number of benzene rings is 2. The van der Waals surface area contributed by atoms with Crippen molar-refractivity contribution in [2.45, 2.75) is 78.4 Å². The minimum atomic E-state index is -0.594. The summed E-state index contributed by atoms with van der Waals surface area (Å²) in [6.07, 6.45) is 9.34. The van der Waals surface area contributed by atoms with Crippen molar-refractivity contribution in [2.24, 2.45) is 5.92 Å². The normalized spacial score (nSPS) is 18.2. The lowest BCUT2D eigenvalue weighted by Gasteiger charge is -2.28. The van der Waals surface area contributed by atoms with Crippen LogP contribution in [0.1, 0.15) is 79.0 Å². The highest BCUT2D eigenvalue weighted by atomic mass is 32.1. The van der Waals surface area contributed by atoms with Crippen LogP contribution in [0.2, 0.25) is 0 Å². The van der Waals surface area contributed by atoms with Gasteiger partial charge in [0.2, 0.25) is 5.88 Å². The zero-order valence-electron chi connectivity index (χ0n) is 28.2. The summed E-state index contributed by atoms with van der Waals surface area (Å²) in [6.45, 7) is 10.4. The van der Waals surface area contributed by atoms with Gasteiger partial charge in [0.1, 0.15) is 17.3 Å². The number of carbonyl (C=O) groups is 1. The number of nitrogens with zero attached hydrogens (tertiary/aromatic N) is 3. The largest absolute Gasteiger partial charge is 0.508 e. The highest BCUT2D eigenvalue weighted by molar-refractivity contribution is 7.09. The molecule has 48 heavy (non-hydrogen) atoms. The van der Waals surface area contributed by atoms with Gasteiger partial charge < -0.3 is 19.9 Å². The fourth-order valence-electron chi connectivity index (χ4n) is 6.39.